The third-order valence-electron chi connectivity index (χ3n) is 1.20. The molecule has 0 aliphatic carbocycles. The van der Waals surface area contributed by atoms with Crippen LogP contribution >= 0.6 is 0 Å². The zero-order valence-corrected chi connectivity index (χ0v) is 5.60. The Morgan fingerprint density at radius 3 is 2.90 bits per heavy atom. The van der Waals surface area contributed by atoms with Gasteiger partial charge in [-0.2, -0.15) is 0 Å². The molecule has 1 heterocycles. The molecule has 0 radical (unpaired) electrons. The van der Waals surface area contributed by atoms with Gasteiger partial charge in [0.1, 0.15) is 6.29 Å². The molecule has 0 aromatic rings. The Bertz CT molecular complexity index is 191. The fraction of sp³-hybridized carbons (Fsp3) is 0.125. The van der Waals surface area contributed by atoms with Gasteiger partial charge < -0.3 is 4.90 Å². The standard InChI is InChI=1S/C8H9NO/c10-8-4-7-9-5-2-1-3-6-9/h1-5,7-8H,6H2/b7-4+. The van der Waals surface area contributed by atoms with Crippen molar-refractivity contribution in [2.75, 3.05) is 6.54 Å². The summed E-state index contributed by atoms with van der Waals surface area (Å²) in [5.41, 5.74) is 0. The maximum Gasteiger partial charge on any atom is 0.144 e. The van der Waals surface area contributed by atoms with Crippen molar-refractivity contribution in [3.63, 3.8) is 0 Å². The van der Waals surface area contributed by atoms with Crippen molar-refractivity contribution < 1.29 is 4.79 Å². The molecular weight excluding hydrogens is 126 g/mol. The third kappa shape index (κ3) is 1.90. The topological polar surface area (TPSA) is 20.3 Å². The molecular formula is C8H9NO. The first-order chi connectivity index (χ1) is 4.93. The van der Waals surface area contributed by atoms with E-state index >= 15 is 0 Å². The van der Waals surface area contributed by atoms with Crippen molar-refractivity contribution in [1.82, 2.24) is 4.90 Å². The summed E-state index contributed by atoms with van der Waals surface area (Å²) in [6.07, 6.45) is 11.8. The van der Waals surface area contributed by atoms with Gasteiger partial charge in [-0.05, 0) is 12.2 Å². The number of nitrogens with zero attached hydrogens (tertiary/aromatic N) is 1. The molecule has 0 saturated carbocycles. The number of carbonyl (C=O) groups is 1. The van der Waals surface area contributed by atoms with Crippen molar-refractivity contribution in [2.45, 2.75) is 0 Å². The summed E-state index contributed by atoms with van der Waals surface area (Å²) in [5.74, 6) is 0. The van der Waals surface area contributed by atoms with Gasteiger partial charge in [-0.25, -0.2) is 0 Å². The Balaban J connectivity index is 2.43. The van der Waals surface area contributed by atoms with Crippen molar-refractivity contribution in [1.29, 1.82) is 0 Å². The molecule has 0 aromatic carbocycles. The highest BCUT2D eigenvalue weighted by Crippen LogP contribution is 1.97. The van der Waals surface area contributed by atoms with Crippen molar-refractivity contribution in [3.8, 4) is 0 Å². The Kier molecular flexibility index (Phi) is 2.49. The van der Waals surface area contributed by atoms with Gasteiger partial charge in [-0.15, -0.1) is 0 Å². The molecule has 1 rings (SSSR count). The quantitative estimate of drug-likeness (QED) is 0.417. The molecule has 52 valence electrons. The second kappa shape index (κ2) is 3.67. The summed E-state index contributed by atoms with van der Waals surface area (Å²) in [5, 5.41) is 0. The van der Waals surface area contributed by atoms with Crippen LogP contribution in [0.25, 0.3) is 0 Å². The molecule has 0 N–H and O–H groups in total. The lowest BCUT2D eigenvalue weighted by molar-refractivity contribution is -0.104. The van der Waals surface area contributed by atoms with Crippen LogP contribution < -0.4 is 0 Å². The fourth-order valence-electron chi connectivity index (χ4n) is 0.738. The molecule has 2 heteroatoms. The first kappa shape index (κ1) is 6.81. The maximum absolute atomic E-state index is 9.89. The summed E-state index contributed by atoms with van der Waals surface area (Å²) in [7, 11) is 0. The lowest BCUT2D eigenvalue weighted by Crippen LogP contribution is -2.10. The van der Waals surface area contributed by atoms with Crippen LogP contribution in [0.1, 0.15) is 0 Å². The summed E-state index contributed by atoms with van der Waals surface area (Å²) in [6.45, 7) is 0.848. The monoisotopic (exact) mass is 135 g/mol. The Hall–Kier alpha value is -1.31. The Labute approximate surface area is 60.1 Å². The predicted octanol–water partition coefficient (Wildman–Crippen LogP) is 1.08. The Morgan fingerprint density at radius 2 is 2.30 bits per heavy atom. The van der Waals surface area contributed by atoms with Crippen molar-refractivity contribution in [3.05, 3.63) is 36.7 Å². The molecule has 0 amide bonds. The van der Waals surface area contributed by atoms with Gasteiger partial charge in [0, 0.05) is 18.9 Å². The van der Waals surface area contributed by atoms with Crippen LogP contribution in [0, 0.1) is 0 Å². The van der Waals surface area contributed by atoms with Crippen molar-refractivity contribution in [2.24, 2.45) is 0 Å². The lowest BCUT2D eigenvalue weighted by Gasteiger charge is -2.13. The molecule has 0 spiro atoms. The van der Waals surface area contributed by atoms with E-state index in [9.17, 15) is 4.79 Å². The zero-order valence-electron chi connectivity index (χ0n) is 5.60. The second-order valence-corrected chi connectivity index (χ2v) is 1.94. The smallest absolute Gasteiger partial charge is 0.144 e. The summed E-state index contributed by atoms with van der Waals surface area (Å²) in [4.78, 5) is 11.8. The van der Waals surface area contributed by atoms with E-state index < -0.39 is 0 Å². The highest BCUT2D eigenvalue weighted by atomic mass is 16.1. The number of carbonyl (C=O) groups excluding carboxylic acids is 1. The van der Waals surface area contributed by atoms with E-state index in [2.05, 4.69) is 0 Å². The predicted molar refractivity (Wildman–Crippen MR) is 40.2 cm³/mol. The lowest BCUT2D eigenvalue weighted by atomic mass is 10.4. The highest BCUT2D eigenvalue weighted by molar-refractivity contribution is 5.64. The van der Waals surface area contributed by atoms with Crippen LogP contribution in [-0.4, -0.2) is 17.7 Å². The van der Waals surface area contributed by atoms with E-state index in [0.717, 1.165) is 12.8 Å². The number of aldehydes is 1. The minimum Gasteiger partial charge on any atom is -0.350 e. The van der Waals surface area contributed by atoms with Gasteiger partial charge in [-0.3, -0.25) is 4.79 Å². The molecule has 1 aliphatic rings. The van der Waals surface area contributed by atoms with Gasteiger partial charge >= 0.3 is 0 Å². The van der Waals surface area contributed by atoms with E-state index in [1.807, 2.05) is 29.3 Å². The van der Waals surface area contributed by atoms with Crippen LogP contribution in [0.5, 0.6) is 0 Å². The number of allylic oxidation sites excluding steroid dienone is 3. The molecule has 0 atom stereocenters. The molecule has 0 unspecified atom stereocenters. The SMILES string of the molecule is O=C/C=C/N1C=CC=CC1. The zero-order chi connectivity index (χ0) is 7.23. The second-order valence-electron chi connectivity index (χ2n) is 1.94. The fourth-order valence-corrected chi connectivity index (χ4v) is 0.738. The first-order valence-corrected chi connectivity index (χ1v) is 3.14. The summed E-state index contributed by atoms with van der Waals surface area (Å²) >= 11 is 0. The van der Waals surface area contributed by atoms with E-state index in [1.54, 1.807) is 6.20 Å². The van der Waals surface area contributed by atoms with Crippen LogP contribution in [-0.2, 0) is 4.79 Å². The van der Waals surface area contributed by atoms with E-state index in [0.29, 0.717) is 0 Å². The molecule has 2 nitrogen and oxygen atoms in total. The highest BCUT2D eigenvalue weighted by Gasteiger charge is 1.91. The van der Waals surface area contributed by atoms with Crippen LogP contribution in [0.2, 0.25) is 0 Å². The number of hydrogen-bond donors (Lipinski definition) is 0. The maximum atomic E-state index is 9.89. The average Bonchev–Trinajstić information content (AvgIpc) is 2.03. The minimum absolute atomic E-state index is 0.770. The van der Waals surface area contributed by atoms with Gasteiger partial charge in [0.2, 0.25) is 0 Å². The normalized spacial score (nSPS) is 16.6. The van der Waals surface area contributed by atoms with E-state index in [4.69, 9.17) is 0 Å². The number of rotatable bonds is 2. The molecule has 10 heavy (non-hydrogen) atoms. The molecule has 0 aromatic heterocycles. The minimum atomic E-state index is 0.770. The average molecular weight is 135 g/mol. The van der Waals surface area contributed by atoms with Gasteiger partial charge in [-0.1, -0.05) is 12.2 Å². The van der Waals surface area contributed by atoms with E-state index in [-0.39, 0.29) is 0 Å². The van der Waals surface area contributed by atoms with Crippen LogP contribution in [0.4, 0.5) is 0 Å². The van der Waals surface area contributed by atoms with Crippen LogP contribution in [0.3, 0.4) is 0 Å². The molecule has 0 saturated heterocycles. The van der Waals surface area contributed by atoms with Gasteiger partial charge in [0.05, 0.1) is 0 Å². The molecule has 1 aliphatic heterocycles. The van der Waals surface area contributed by atoms with E-state index in [1.165, 1.54) is 6.08 Å². The van der Waals surface area contributed by atoms with Gasteiger partial charge in [0.15, 0.2) is 0 Å². The summed E-state index contributed by atoms with van der Waals surface area (Å²) < 4.78 is 0. The van der Waals surface area contributed by atoms with Gasteiger partial charge in [0.25, 0.3) is 0 Å². The first-order valence-electron chi connectivity index (χ1n) is 3.14. The summed E-state index contributed by atoms with van der Waals surface area (Å²) in [6, 6.07) is 0. The van der Waals surface area contributed by atoms with Crippen molar-refractivity contribution >= 4 is 6.29 Å². The third-order valence-corrected chi connectivity index (χ3v) is 1.20. The Morgan fingerprint density at radius 1 is 1.40 bits per heavy atom. The number of hydrogen-bond acceptors (Lipinski definition) is 2. The van der Waals surface area contributed by atoms with Crippen LogP contribution in [0.15, 0.2) is 36.7 Å². The molecule has 0 fully saturated rings. The molecule has 0 bridgehead atoms. The largest absolute Gasteiger partial charge is 0.350 e.